The maximum Gasteiger partial charge on any atom is 0.201 e. The lowest BCUT2D eigenvalue weighted by Crippen LogP contribution is -2.07. The standard InChI is InChI=1S/C10H12N4O/c15-10(3-4-10)2-1-7-5-8-9(11-6-7)13-14-12-8/h5-6,15H,1-4H2,(H,11,12,13,14). The van der Waals surface area contributed by atoms with E-state index in [-0.39, 0.29) is 0 Å². The Balaban J connectivity index is 1.78. The minimum Gasteiger partial charge on any atom is -0.390 e. The van der Waals surface area contributed by atoms with Crippen molar-refractivity contribution in [2.45, 2.75) is 31.3 Å². The molecule has 2 N–H and O–H groups in total. The monoisotopic (exact) mass is 204 g/mol. The van der Waals surface area contributed by atoms with Gasteiger partial charge >= 0.3 is 0 Å². The second kappa shape index (κ2) is 3.00. The molecule has 2 heterocycles. The van der Waals surface area contributed by atoms with E-state index in [1.807, 2.05) is 6.07 Å². The molecule has 0 amide bonds. The molecular weight excluding hydrogens is 192 g/mol. The second-order valence-corrected chi connectivity index (χ2v) is 4.23. The lowest BCUT2D eigenvalue weighted by molar-refractivity contribution is 0.140. The van der Waals surface area contributed by atoms with Gasteiger partial charge < -0.3 is 5.11 Å². The van der Waals surface area contributed by atoms with Gasteiger partial charge in [-0.15, -0.1) is 5.10 Å². The molecule has 0 aliphatic heterocycles. The Bertz CT molecular complexity index is 489. The summed E-state index contributed by atoms with van der Waals surface area (Å²) in [6.07, 6.45) is 5.35. The van der Waals surface area contributed by atoms with Crippen molar-refractivity contribution >= 4 is 11.2 Å². The summed E-state index contributed by atoms with van der Waals surface area (Å²) < 4.78 is 0. The minimum atomic E-state index is -0.390. The molecule has 0 radical (unpaired) electrons. The summed E-state index contributed by atoms with van der Waals surface area (Å²) in [6.45, 7) is 0. The van der Waals surface area contributed by atoms with Gasteiger partial charge in [-0.2, -0.15) is 10.3 Å². The van der Waals surface area contributed by atoms with E-state index in [9.17, 15) is 5.11 Å². The Morgan fingerprint density at radius 2 is 2.27 bits per heavy atom. The quantitative estimate of drug-likeness (QED) is 0.775. The minimum absolute atomic E-state index is 0.390. The van der Waals surface area contributed by atoms with Crippen molar-refractivity contribution in [2.75, 3.05) is 0 Å². The fourth-order valence-electron chi connectivity index (χ4n) is 1.69. The second-order valence-electron chi connectivity index (χ2n) is 4.23. The average molecular weight is 204 g/mol. The van der Waals surface area contributed by atoms with Gasteiger partial charge in [0.2, 0.25) is 5.65 Å². The first-order valence-electron chi connectivity index (χ1n) is 5.13. The molecule has 0 unspecified atom stereocenters. The molecular formula is C10H12N4O. The van der Waals surface area contributed by atoms with E-state index in [1.54, 1.807) is 6.20 Å². The van der Waals surface area contributed by atoms with E-state index in [1.165, 1.54) is 0 Å². The number of pyridine rings is 1. The number of aliphatic hydroxyl groups is 1. The van der Waals surface area contributed by atoms with E-state index in [0.717, 1.165) is 36.8 Å². The van der Waals surface area contributed by atoms with Crippen LogP contribution in [0.15, 0.2) is 12.3 Å². The summed E-state index contributed by atoms with van der Waals surface area (Å²) in [6, 6.07) is 1.97. The van der Waals surface area contributed by atoms with Crippen LogP contribution in [-0.2, 0) is 6.42 Å². The molecule has 0 atom stereocenters. The average Bonchev–Trinajstić information content (AvgIpc) is 2.80. The summed E-state index contributed by atoms with van der Waals surface area (Å²) in [5.41, 5.74) is 2.15. The SMILES string of the molecule is OC1(CCc2cnc3n[nH]nc3c2)CC1. The van der Waals surface area contributed by atoms with Crippen molar-refractivity contribution in [3.63, 3.8) is 0 Å². The van der Waals surface area contributed by atoms with Gasteiger partial charge in [0.05, 0.1) is 5.60 Å². The van der Waals surface area contributed by atoms with Gasteiger partial charge in [0.1, 0.15) is 5.52 Å². The van der Waals surface area contributed by atoms with Crippen LogP contribution in [0.5, 0.6) is 0 Å². The summed E-state index contributed by atoms with van der Waals surface area (Å²) in [5, 5.41) is 20.1. The third-order valence-electron chi connectivity index (χ3n) is 2.94. The molecule has 3 rings (SSSR count). The molecule has 0 aromatic carbocycles. The number of hydrogen-bond donors (Lipinski definition) is 2. The van der Waals surface area contributed by atoms with E-state index >= 15 is 0 Å². The van der Waals surface area contributed by atoms with Crippen LogP contribution in [-0.4, -0.2) is 31.1 Å². The molecule has 15 heavy (non-hydrogen) atoms. The predicted octanol–water partition coefficient (Wildman–Crippen LogP) is 0.810. The predicted molar refractivity (Wildman–Crippen MR) is 54.2 cm³/mol. The van der Waals surface area contributed by atoms with Gasteiger partial charge in [0.15, 0.2) is 0 Å². The molecule has 1 saturated carbocycles. The third kappa shape index (κ3) is 1.70. The number of aromatic nitrogens is 4. The zero-order valence-electron chi connectivity index (χ0n) is 8.27. The van der Waals surface area contributed by atoms with E-state index < -0.39 is 5.60 Å². The molecule has 1 fully saturated rings. The Hall–Kier alpha value is -1.49. The first kappa shape index (κ1) is 8.79. The zero-order chi connectivity index (χ0) is 10.3. The molecule has 2 aromatic rings. The number of rotatable bonds is 3. The lowest BCUT2D eigenvalue weighted by atomic mass is 10.1. The molecule has 78 valence electrons. The highest BCUT2D eigenvalue weighted by atomic mass is 16.3. The topological polar surface area (TPSA) is 74.7 Å². The van der Waals surface area contributed by atoms with Crippen LogP contribution in [0.4, 0.5) is 0 Å². The van der Waals surface area contributed by atoms with Crippen LogP contribution in [0.2, 0.25) is 0 Å². The molecule has 0 bridgehead atoms. The van der Waals surface area contributed by atoms with Crippen LogP contribution < -0.4 is 0 Å². The number of hydrogen-bond acceptors (Lipinski definition) is 4. The van der Waals surface area contributed by atoms with Crippen LogP contribution in [0.1, 0.15) is 24.8 Å². The molecule has 1 aliphatic rings. The summed E-state index contributed by atoms with van der Waals surface area (Å²) in [7, 11) is 0. The Kier molecular flexibility index (Phi) is 1.76. The molecule has 5 heteroatoms. The van der Waals surface area contributed by atoms with Gasteiger partial charge in [0.25, 0.3) is 0 Å². The zero-order valence-corrected chi connectivity index (χ0v) is 8.27. The fourth-order valence-corrected chi connectivity index (χ4v) is 1.69. The van der Waals surface area contributed by atoms with Crippen LogP contribution in [0, 0.1) is 0 Å². The molecule has 5 nitrogen and oxygen atoms in total. The third-order valence-corrected chi connectivity index (χ3v) is 2.94. The Labute approximate surface area is 86.5 Å². The number of aryl methyl sites for hydroxylation is 1. The van der Waals surface area contributed by atoms with E-state index in [2.05, 4.69) is 20.4 Å². The number of fused-ring (bicyclic) bond motifs is 1. The Morgan fingerprint density at radius 3 is 3.07 bits per heavy atom. The first-order chi connectivity index (χ1) is 7.25. The van der Waals surface area contributed by atoms with E-state index in [4.69, 9.17) is 0 Å². The normalized spacial score (nSPS) is 18.2. The highest BCUT2D eigenvalue weighted by Gasteiger charge is 2.39. The highest BCUT2D eigenvalue weighted by Crippen LogP contribution is 2.39. The van der Waals surface area contributed by atoms with Crippen molar-refractivity contribution in [3.8, 4) is 0 Å². The van der Waals surface area contributed by atoms with Crippen molar-refractivity contribution in [1.82, 2.24) is 20.4 Å². The molecule has 2 aromatic heterocycles. The van der Waals surface area contributed by atoms with Gasteiger partial charge in [-0.25, -0.2) is 4.98 Å². The summed E-state index contributed by atoms with van der Waals surface area (Å²) in [4.78, 5) is 4.18. The largest absolute Gasteiger partial charge is 0.390 e. The highest BCUT2D eigenvalue weighted by molar-refractivity contribution is 5.68. The van der Waals surface area contributed by atoms with Gasteiger partial charge in [-0.1, -0.05) is 0 Å². The number of H-pyrrole nitrogens is 1. The summed E-state index contributed by atoms with van der Waals surface area (Å²) in [5.74, 6) is 0. The smallest absolute Gasteiger partial charge is 0.201 e. The maximum absolute atomic E-state index is 9.71. The number of nitrogens with zero attached hydrogens (tertiary/aromatic N) is 3. The number of nitrogens with one attached hydrogen (secondary N) is 1. The number of aromatic amines is 1. The van der Waals surface area contributed by atoms with Crippen LogP contribution in [0.3, 0.4) is 0 Å². The van der Waals surface area contributed by atoms with Crippen molar-refractivity contribution in [3.05, 3.63) is 17.8 Å². The van der Waals surface area contributed by atoms with E-state index in [0.29, 0.717) is 5.65 Å². The van der Waals surface area contributed by atoms with Gasteiger partial charge in [-0.3, -0.25) is 0 Å². The first-order valence-corrected chi connectivity index (χ1v) is 5.13. The molecule has 0 saturated heterocycles. The van der Waals surface area contributed by atoms with Gasteiger partial charge in [0, 0.05) is 6.20 Å². The van der Waals surface area contributed by atoms with Crippen molar-refractivity contribution in [2.24, 2.45) is 0 Å². The maximum atomic E-state index is 9.71. The Morgan fingerprint density at radius 1 is 1.40 bits per heavy atom. The van der Waals surface area contributed by atoms with Crippen LogP contribution in [0.25, 0.3) is 11.2 Å². The van der Waals surface area contributed by atoms with Gasteiger partial charge in [-0.05, 0) is 37.3 Å². The fraction of sp³-hybridized carbons (Fsp3) is 0.500. The molecule has 0 spiro atoms. The van der Waals surface area contributed by atoms with Crippen LogP contribution >= 0.6 is 0 Å². The van der Waals surface area contributed by atoms with Crippen molar-refractivity contribution < 1.29 is 5.11 Å². The lowest BCUT2D eigenvalue weighted by Gasteiger charge is -2.05. The summed E-state index contributed by atoms with van der Waals surface area (Å²) >= 11 is 0. The molecule has 1 aliphatic carbocycles. The van der Waals surface area contributed by atoms with Crippen molar-refractivity contribution in [1.29, 1.82) is 0 Å².